The number of nitrogens with zero attached hydrogens (tertiary/aromatic N) is 1. The lowest BCUT2D eigenvalue weighted by Crippen LogP contribution is -2.35. The number of pyridine rings is 1. The number of aromatic nitrogens is 1. The number of ketones is 1. The van der Waals surface area contributed by atoms with Crippen LogP contribution in [-0.2, 0) is 13.0 Å². The van der Waals surface area contributed by atoms with Crippen molar-refractivity contribution >= 4 is 23.3 Å². The van der Waals surface area contributed by atoms with Crippen molar-refractivity contribution in [2.45, 2.75) is 25.8 Å². The number of halogens is 2. The molecule has 3 aromatic rings. The normalized spacial score (nSPS) is 13.1. The standard InChI is InChI=1S/C23H18ClFN2O3/c24-15-6-4-14(5-7-15)13-26-22(29)19-12-18-20(2-1-3-21(18)28)27(23(19)30)17-10-8-16(25)9-11-17/h4-12H,1-3,13H2,(H,26,29). The van der Waals surface area contributed by atoms with Crippen LogP contribution in [0.4, 0.5) is 4.39 Å². The fourth-order valence-corrected chi connectivity index (χ4v) is 3.72. The molecule has 1 aliphatic rings. The maximum atomic E-state index is 13.4. The highest BCUT2D eigenvalue weighted by Gasteiger charge is 2.26. The molecule has 1 aromatic heterocycles. The molecule has 152 valence electrons. The minimum Gasteiger partial charge on any atom is -0.348 e. The molecule has 7 heteroatoms. The van der Waals surface area contributed by atoms with E-state index in [-0.39, 0.29) is 17.9 Å². The first kappa shape index (κ1) is 20.0. The lowest BCUT2D eigenvalue weighted by Gasteiger charge is -2.21. The van der Waals surface area contributed by atoms with Gasteiger partial charge in [0.2, 0.25) is 0 Å². The highest BCUT2D eigenvalue weighted by Crippen LogP contribution is 2.23. The van der Waals surface area contributed by atoms with Crippen LogP contribution < -0.4 is 10.9 Å². The molecular formula is C23H18ClFN2O3. The van der Waals surface area contributed by atoms with E-state index >= 15 is 0 Å². The number of rotatable bonds is 4. The molecule has 1 amide bonds. The van der Waals surface area contributed by atoms with E-state index in [1.807, 2.05) is 0 Å². The van der Waals surface area contributed by atoms with Gasteiger partial charge in [-0.15, -0.1) is 0 Å². The van der Waals surface area contributed by atoms with Gasteiger partial charge in [-0.2, -0.15) is 0 Å². The third kappa shape index (κ3) is 3.91. The summed E-state index contributed by atoms with van der Waals surface area (Å²) in [5, 5.41) is 3.30. The van der Waals surface area contributed by atoms with Gasteiger partial charge in [-0.25, -0.2) is 4.39 Å². The van der Waals surface area contributed by atoms with Crippen molar-refractivity contribution in [2.75, 3.05) is 0 Å². The van der Waals surface area contributed by atoms with Crippen LogP contribution in [0.2, 0.25) is 5.02 Å². The Morgan fingerprint density at radius 2 is 1.73 bits per heavy atom. The van der Waals surface area contributed by atoms with Crippen LogP contribution in [-0.4, -0.2) is 16.3 Å². The maximum absolute atomic E-state index is 13.4. The smallest absolute Gasteiger partial charge is 0.268 e. The first-order chi connectivity index (χ1) is 14.4. The van der Waals surface area contributed by atoms with Gasteiger partial charge in [-0.05, 0) is 60.9 Å². The highest BCUT2D eigenvalue weighted by molar-refractivity contribution is 6.30. The molecule has 0 saturated heterocycles. The SMILES string of the molecule is O=C1CCCc2c1cc(C(=O)NCc1ccc(Cl)cc1)c(=O)n2-c1ccc(F)cc1. The highest BCUT2D eigenvalue weighted by atomic mass is 35.5. The molecule has 0 radical (unpaired) electrons. The van der Waals surface area contributed by atoms with Crippen molar-refractivity contribution in [3.8, 4) is 5.69 Å². The van der Waals surface area contributed by atoms with Gasteiger partial charge in [0.25, 0.3) is 11.5 Å². The molecule has 0 unspecified atom stereocenters. The van der Waals surface area contributed by atoms with Crippen LogP contribution in [0.1, 0.15) is 44.8 Å². The Balaban J connectivity index is 1.75. The van der Waals surface area contributed by atoms with Gasteiger partial charge in [0, 0.05) is 34.9 Å². The molecule has 0 fully saturated rings. The quantitative estimate of drug-likeness (QED) is 0.686. The number of hydrogen-bond acceptors (Lipinski definition) is 3. The minimum atomic E-state index is -0.577. The summed E-state index contributed by atoms with van der Waals surface area (Å²) in [7, 11) is 0. The van der Waals surface area contributed by atoms with Crippen LogP contribution in [0.5, 0.6) is 0 Å². The van der Waals surface area contributed by atoms with Crippen LogP contribution in [0.15, 0.2) is 59.4 Å². The molecule has 2 aromatic carbocycles. The molecule has 1 heterocycles. The maximum Gasteiger partial charge on any atom is 0.268 e. The van der Waals surface area contributed by atoms with E-state index in [1.54, 1.807) is 24.3 Å². The first-order valence-corrected chi connectivity index (χ1v) is 9.92. The summed E-state index contributed by atoms with van der Waals surface area (Å²) >= 11 is 5.87. The summed E-state index contributed by atoms with van der Waals surface area (Å²) < 4.78 is 14.7. The average molecular weight is 425 g/mol. The molecule has 0 spiro atoms. The van der Waals surface area contributed by atoms with E-state index in [2.05, 4.69) is 5.32 Å². The molecule has 30 heavy (non-hydrogen) atoms. The number of fused-ring (bicyclic) bond motifs is 1. The Morgan fingerprint density at radius 1 is 1.03 bits per heavy atom. The topological polar surface area (TPSA) is 68.2 Å². The molecule has 0 aliphatic heterocycles. The van der Waals surface area contributed by atoms with Gasteiger partial charge < -0.3 is 5.32 Å². The predicted octanol–water partition coefficient (Wildman–Crippen LogP) is 4.08. The van der Waals surface area contributed by atoms with Gasteiger partial charge in [0.1, 0.15) is 11.4 Å². The van der Waals surface area contributed by atoms with Gasteiger partial charge in [0.15, 0.2) is 5.78 Å². The van der Waals surface area contributed by atoms with Crippen molar-refractivity contribution < 1.29 is 14.0 Å². The lowest BCUT2D eigenvalue weighted by molar-refractivity contribution is 0.0949. The summed E-state index contributed by atoms with van der Waals surface area (Å²) in [4.78, 5) is 38.5. The van der Waals surface area contributed by atoms with E-state index < -0.39 is 17.3 Å². The largest absolute Gasteiger partial charge is 0.348 e. The number of carbonyl (C=O) groups excluding carboxylic acids is 2. The van der Waals surface area contributed by atoms with E-state index in [9.17, 15) is 18.8 Å². The number of amides is 1. The molecule has 0 atom stereocenters. The van der Waals surface area contributed by atoms with Crippen molar-refractivity contribution in [3.05, 3.63) is 98.2 Å². The fraction of sp³-hybridized carbons (Fsp3) is 0.174. The summed E-state index contributed by atoms with van der Waals surface area (Å²) in [6, 6.07) is 13.8. The van der Waals surface area contributed by atoms with Gasteiger partial charge in [-0.3, -0.25) is 19.0 Å². The van der Waals surface area contributed by atoms with Crippen LogP contribution in [0, 0.1) is 5.82 Å². The second kappa shape index (κ2) is 8.24. The molecule has 0 saturated carbocycles. The second-order valence-electron chi connectivity index (χ2n) is 7.12. The number of benzene rings is 2. The Bertz CT molecular complexity index is 1180. The Kier molecular flexibility index (Phi) is 5.50. The average Bonchev–Trinajstić information content (AvgIpc) is 2.74. The summed E-state index contributed by atoms with van der Waals surface area (Å²) in [5.74, 6) is -1.13. The van der Waals surface area contributed by atoms with Gasteiger partial charge in [0.05, 0.1) is 0 Å². The minimum absolute atomic E-state index is 0.112. The zero-order valence-corrected chi connectivity index (χ0v) is 16.7. The van der Waals surface area contributed by atoms with Crippen molar-refractivity contribution in [1.29, 1.82) is 0 Å². The Labute approximate surface area is 177 Å². The van der Waals surface area contributed by atoms with E-state index in [1.165, 1.54) is 34.9 Å². The summed E-state index contributed by atoms with van der Waals surface area (Å²) in [5.41, 5.74) is 1.49. The zero-order valence-electron chi connectivity index (χ0n) is 16.0. The number of hydrogen-bond donors (Lipinski definition) is 1. The fourth-order valence-electron chi connectivity index (χ4n) is 3.60. The van der Waals surface area contributed by atoms with E-state index in [0.717, 1.165) is 5.56 Å². The third-order valence-electron chi connectivity index (χ3n) is 5.12. The predicted molar refractivity (Wildman–Crippen MR) is 112 cm³/mol. The molecular weight excluding hydrogens is 407 g/mol. The Morgan fingerprint density at radius 3 is 2.43 bits per heavy atom. The van der Waals surface area contributed by atoms with Gasteiger partial charge >= 0.3 is 0 Å². The van der Waals surface area contributed by atoms with Crippen LogP contribution >= 0.6 is 11.6 Å². The molecule has 1 aliphatic carbocycles. The van der Waals surface area contributed by atoms with Gasteiger partial charge in [-0.1, -0.05) is 23.7 Å². The lowest BCUT2D eigenvalue weighted by atomic mass is 9.92. The molecule has 1 N–H and O–H groups in total. The molecule has 0 bridgehead atoms. The zero-order chi connectivity index (χ0) is 21.3. The summed E-state index contributed by atoms with van der Waals surface area (Å²) in [6.45, 7) is 0.205. The van der Waals surface area contributed by atoms with E-state index in [0.29, 0.717) is 41.2 Å². The molecule has 5 nitrogen and oxygen atoms in total. The number of carbonyl (C=O) groups is 2. The third-order valence-corrected chi connectivity index (χ3v) is 5.37. The van der Waals surface area contributed by atoms with Crippen molar-refractivity contribution in [3.63, 3.8) is 0 Å². The summed E-state index contributed by atoms with van der Waals surface area (Å²) in [6.07, 6.45) is 1.51. The van der Waals surface area contributed by atoms with Crippen molar-refractivity contribution in [2.24, 2.45) is 0 Å². The van der Waals surface area contributed by atoms with E-state index in [4.69, 9.17) is 11.6 Å². The van der Waals surface area contributed by atoms with Crippen molar-refractivity contribution in [1.82, 2.24) is 9.88 Å². The van der Waals surface area contributed by atoms with Crippen LogP contribution in [0.25, 0.3) is 5.69 Å². The number of Topliss-reactive ketones (excluding diaryl/α,β-unsaturated/α-hetero) is 1. The first-order valence-electron chi connectivity index (χ1n) is 9.55. The Hall–Kier alpha value is -3.25. The van der Waals surface area contributed by atoms with Crippen LogP contribution in [0.3, 0.4) is 0 Å². The second-order valence-corrected chi connectivity index (χ2v) is 7.56. The number of nitrogens with one attached hydrogen (secondary N) is 1. The monoisotopic (exact) mass is 424 g/mol. The molecule has 4 rings (SSSR count).